The molecule has 8 nitrogen and oxygen atoms in total. The average Bonchev–Trinajstić information content (AvgIpc) is 3.33. The second-order valence-electron chi connectivity index (χ2n) is 11.6. The molecule has 0 unspecified atom stereocenters. The number of amides is 1. The molecule has 0 atom stereocenters. The Hall–Kier alpha value is -3.16. The Kier molecular flexibility index (Phi) is 9.94. The molecule has 0 saturated heterocycles. The third kappa shape index (κ3) is 7.32. The molecule has 1 aliphatic carbocycles. The van der Waals surface area contributed by atoms with Crippen LogP contribution in [-0.2, 0) is 15.7 Å². The minimum Gasteiger partial charge on any atom is -0.466 e. The first-order valence-electron chi connectivity index (χ1n) is 13.5. The minimum atomic E-state index is -5.12. The third-order valence-corrected chi connectivity index (χ3v) is 8.10. The van der Waals surface area contributed by atoms with Crippen LogP contribution in [0.25, 0.3) is 0 Å². The smallest absolute Gasteiger partial charge is 0.433 e. The van der Waals surface area contributed by atoms with Crippen LogP contribution in [0.2, 0.25) is 5.02 Å². The number of carbonyl (C=O) groups is 3. The fraction of sp³-hybridized carbons (Fsp3) is 0.607. The molecule has 2 aromatic rings. The van der Waals surface area contributed by atoms with Crippen molar-refractivity contribution in [3.05, 3.63) is 46.0 Å². The van der Waals surface area contributed by atoms with Gasteiger partial charge in [-0.3, -0.25) is 24.0 Å². The van der Waals surface area contributed by atoms with E-state index in [4.69, 9.17) is 16.3 Å². The summed E-state index contributed by atoms with van der Waals surface area (Å²) < 4.78 is 90.8. The lowest BCUT2D eigenvalue weighted by molar-refractivity contribution is -0.214. The molecule has 0 aliphatic heterocycles. The predicted molar refractivity (Wildman–Crippen MR) is 144 cm³/mol. The highest BCUT2D eigenvalue weighted by Crippen LogP contribution is 2.44. The van der Waals surface area contributed by atoms with Gasteiger partial charge in [-0.15, -0.1) is 0 Å². The molecule has 1 aliphatic rings. The summed E-state index contributed by atoms with van der Waals surface area (Å²) in [5.74, 6) is -2.78. The summed E-state index contributed by atoms with van der Waals surface area (Å²) in [4.78, 5) is 43.5. The number of halogens is 7. The van der Waals surface area contributed by atoms with Gasteiger partial charge in [0.15, 0.2) is 11.5 Å². The van der Waals surface area contributed by atoms with E-state index in [1.54, 1.807) is 13.8 Å². The van der Waals surface area contributed by atoms with Crippen molar-refractivity contribution in [3.63, 3.8) is 0 Å². The number of rotatable bonds is 9. The van der Waals surface area contributed by atoms with Crippen LogP contribution >= 0.6 is 11.6 Å². The summed E-state index contributed by atoms with van der Waals surface area (Å²) in [6.07, 6.45) is -6.29. The number of esters is 1. The van der Waals surface area contributed by atoms with Crippen molar-refractivity contribution in [1.29, 1.82) is 0 Å². The lowest BCUT2D eigenvalue weighted by Gasteiger charge is -2.36. The summed E-state index contributed by atoms with van der Waals surface area (Å²) in [5.41, 5.74) is -5.76. The highest BCUT2D eigenvalue weighted by Gasteiger charge is 2.50. The van der Waals surface area contributed by atoms with Crippen LogP contribution in [0, 0.1) is 17.8 Å². The molecule has 15 heteroatoms. The maximum Gasteiger partial charge on any atom is 0.433 e. The zero-order chi connectivity index (χ0) is 32.5. The second kappa shape index (κ2) is 12.4. The van der Waals surface area contributed by atoms with Crippen molar-refractivity contribution in [2.45, 2.75) is 78.7 Å². The quantitative estimate of drug-likeness (QED) is 0.169. The van der Waals surface area contributed by atoms with E-state index in [1.807, 2.05) is 0 Å². The van der Waals surface area contributed by atoms with Crippen molar-refractivity contribution >= 4 is 29.3 Å². The lowest BCUT2D eigenvalue weighted by Crippen LogP contribution is -2.48. The van der Waals surface area contributed by atoms with Gasteiger partial charge in [0, 0.05) is 24.5 Å². The Morgan fingerprint density at radius 1 is 1.09 bits per heavy atom. The van der Waals surface area contributed by atoms with Crippen molar-refractivity contribution in [3.8, 4) is 0 Å². The lowest BCUT2D eigenvalue weighted by atomic mass is 9.74. The van der Waals surface area contributed by atoms with Crippen molar-refractivity contribution in [1.82, 2.24) is 19.7 Å². The fourth-order valence-corrected chi connectivity index (χ4v) is 5.46. The largest absolute Gasteiger partial charge is 0.466 e. The van der Waals surface area contributed by atoms with E-state index in [1.165, 1.54) is 13.1 Å². The molecule has 1 saturated carbocycles. The number of Topliss-reactive ketones (excluding diaryl/α,β-unsaturated/α-hetero) is 1. The van der Waals surface area contributed by atoms with Gasteiger partial charge in [-0.05, 0) is 65.9 Å². The van der Waals surface area contributed by atoms with Gasteiger partial charge in [-0.2, -0.15) is 31.4 Å². The van der Waals surface area contributed by atoms with Gasteiger partial charge >= 0.3 is 18.3 Å². The number of ether oxygens (including phenoxy) is 1. The van der Waals surface area contributed by atoms with Crippen LogP contribution < -0.4 is 0 Å². The number of aryl methyl sites for hydroxylation is 1. The first-order chi connectivity index (χ1) is 19.7. The summed E-state index contributed by atoms with van der Waals surface area (Å²) in [5, 5.41) is 3.72. The molecular weight excluding hydrogens is 606 g/mol. The van der Waals surface area contributed by atoms with Gasteiger partial charge in [0.1, 0.15) is 0 Å². The van der Waals surface area contributed by atoms with Gasteiger partial charge < -0.3 is 9.64 Å². The number of ketones is 1. The number of pyridine rings is 1. The Labute approximate surface area is 249 Å². The molecule has 0 aromatic carbocycles. The molecule has 3 rings (SSSR count). The maximum atomic E-state index is 14.5. The molecule has 0 spiro atoms. The van der Waals surface area contributed by atoms with Crippen molar-refractivity contribution in [2.75, 3.05) is 19.7 Å². The summed E-state index contributed by atoms with van der Waals surface area (Å²) in [7, 11) is 0. The molecular formula is C28H33ClF6N4O4. The summed E-state index contributed by atoms with van der Waals surface area (Å²) >= 11 is 6.08. The third-order valence-electron chi connectivity index (χ3n) is 7.81. The SMILES string of the molecule is CCOC(=O)C1(C)CCC(n2ncc(C(=O)N(CC(=O)c3c(C)cncc3Cl)CC(C)(C)C(F)(F)F)c2C(F)(F)F)CC1. The Morgan fingerprint density at radius 2 is 1.70 bits per heavy atom. The van der Waals surface area contributed by atoms with Gasteiger partial charge in [0.05, 0.1) is 46.8 Å². The highest BCUT2D eigenvalue weighted by atomic mass is 35.5. The van der Waals surface area contributed by atoms with E-state index in [0.717, 1.165) is 20.0 Å². The Bertz CT molecular complexity index is 1340. The molecule has 0 radical (unpaired) electrons. The van der Waals surface area contributed by atoms with E-state index >= 15 is 0 Å². The molecule has 43 heavy (non-hydrogen) atoms. The first-order valence-corrected chi connectivity index (χ1v) is 13.9. The van der Waals surface area contributed by atoms with Crippen LogP contribution in [0.3, 0.4) is 0 Å². The van der Waals surface area contributed by atoms with Crippen LogP contribution in [0.4, 0.5) is 26.3 Å². The van der Waals surface area contributed by atoms with E-state index < -0.39 is 71.2 Å². The molecule has 2 heterocycles. The van der Waals surface area contributed by atoms with Crippen molar-refractivity contribution < 1.29 is 45.5 Å². The number of hydrogen-bond acceptors (Lipinski definition) is 6. The Morgan fingerprint density at radius 3 is 2.21 bits per heavy atom. The second-order valence-corrected chi connectivity index (χ2v) is 12.0. The van der Waals surface area contributed by atoms with Crippen LogP contribution in [-0.4, -0.2) is 63.2 Å². The van der Waals surface area contributed by atoms with E-state index in [-0.39, 0.29) is 48.4 Å². The fourth-order valence-electron chi connectivity index (χ4n) is 5.15. The summed E-state index contributed by atoms with van der Waals surface area (Å²) in [6.45, 7) is 4.39. The zero-order valence-corrected chi connectivity index (χ0v) is 25.1. The van der Waals surface area contributed by atoms with Crippen LogP contribution in [0.1, 0.15) is 91.4 Å². The number of carbonyl (C=O) groups excluding carboxylic acids is 3. The van der Waals surface area contributed by atoms with E-state index in [0.29, 0.717) is 15.8 Å². The number of hydrogen-bond donors (Lipinski definition) is 0. The molecule has 0 N–H and O–H groups in total. The Balaban J connectivity index is 2.02. The summed E-state index contributed by atoms with van der Waals surface area (Å²) in [6, 6.07) is -0.847. The normalized spacial score (nSPS) is 19.7. The minimum absolute atomic E-state index is 0.108. The number of aromatic nitrogens is 3. The highest BCUT2D eigenvalue weighted by molar-refractivity contribution is 6.34. The van der Waals surface area contributed by atoms with Crippen LogP contribution in [0.5, 0.6) is 0 Å². The van der Waals surface area contributed by atoms with E-state index in [2.05, 4.69) is 10.1 Å². The van der Waals surface area contributed by atoms with Gasteiger partial charge in [0.25, 0.3) is 5.91 Å². The maximum absolute atomic E-state index is 14.5. The molecule has 238 valence electrons. The molecule has 2 aromatic heterocycles. The van der Waals surface area contributed by atoms with Gasteiger partial charge in [0.2, 0.25) is 0 Å². The zero-order valence-electron chi connectivity index (χ0n) is 24.3. The topological polar surface area (TPSA) is 94.4 Å². The standard InChI is InChI=1S/C28H33ClF6N4O4/c1-6-43-24(42)26(5)9-7-17(8-10-26)39-22(27(30,31)32)18(12-37-39)23(41)38(15-25(3,4)28(33,34)35)14-20(40)21-16(2)11-36-13-19(21)29/h11-13,17H,6-10,14-15H2,1-5H3. The molecule has 1 fully saturated rings. The number of alkyl halides is 6. The van der Waals surface area contributed by atoms with Gasteiger partial charge in [-0.1, -0.05) is 11.6 Å². The first kappa shape index (κ1) is 34.3. The van der Waals surface area contributed by atoms with Crippen molar-refractivity contribution in [2.24, 2.45) is 10.8 Å². The predicted octanol–water partition coefficient (Wildman–Crippen LogP) is 6.86. The van der Waals surface area contributed by atoms with E-state index in [9.17, 15) is 40.7 Å². The monoisotopic (exact) mass is 638 g/mol. The number of nitrogens with zero attached hydrogens (tertiary/aromatic N) is 4. The van der Waals surface area contributed by atoms with Crippen LogP contribution in [0.15, 0.2) is 18.6 Å². The van der Waals surface area contributed by atoms with Gasteiger partial charge in [-0.25, -0.2) is 0 Å². The molecule has 1 amide bonds. The molecule has 0 bridgehead atoms. The average molecular weight is 639 g/mol.